The lowest BCUT2D eigenvalue weighted by Crippen LogP contribution is -2.41. The van der Waals surface area contributed by atoms with E-state index in [0.29, 0.717) is 16.4 Å². The molecular weight excluding hydrogens is 328 g/mol. The zero-order valence-electron chi connectivity index (χ0n) is 14.6. The number of carbonyl (C=O) groups excluding carboxylic acids is 1. The van der Waals surface area contributed by atoms with Crippen LogP contribution in [0.5, 0.6) is 0 Å². The third kappa shape index (κ3) is 4.09. The molecule has 2 heterocycles. The fraction of sp³-hybridized carbons (Fsp3) is 0.500. The van der Waals surface area contributed by atoms with Crippen molar-refractivity contribution in [1.29, 1.82) is 0 Å². The lowest BCUT2D eigenvalue weighted by Gasteiger charge is -2.32. The molecule has 1 aromatic heterocycles. The van der Waals surface area contributed by atoms with Gasteiger partial charge in [-0.1, -0.05) is 17.7 Å². The van der Waals surface area contributed by atoms with Gasteiger partial charge in [0.05, 0.1) is 23.1 Å². The number of halogens is 1. The van der Waals surface area contributed by atoms with Crippen LogP contribution in [-0.4, -0.2) is 35.8 Å². The number of amides is 1. The number of nitrogens with one attached hydrogen (secondary N) is 1. The molecule has 3 N–H and O–H groups in total. The molecule has 130 valence electrons. The molecule has 1 aliphatic rings. The maximum atomic E-state index is 11.3. The summed E-state index contributed by atoms with van der Waals surface area (Å²) >= 11 is 6.14. The van der Waals surface area contributed by atoms with Crippen LogP contribution in [0.15, 0.2) is 17.7 Å². The molecule has 0 unspecified atom stereocenters. The number of aromatic nitrogens is 1. The van der Waals surface area contributed by atoms with Gasteiger partial charge in [0.25, 0.3) is 0 Å². The Kier molecular flexibility index (Phi) is 5.27. The molecule has 6 nitrogen and oxygen atoms in total. The standard InChI is InChI=1S/C16H23BClN3O3/c1-10(22)20-8-12(6-11-7-13(19)9-21-14(11)18)17-23-15(2,3)16(4,5)24-17/h6-7,9H,8,19H2,1-5H3,(H,20,22). The summed E-state index contributed by atoms with van der Waals surface area (Å²) in [6, 6.07) is 1.72. The first-order valence-electron chi connectivity index (χ1n) is 7.73. The molecule has 1 aliphatic heterocycles. The number of carbonyl (C=O) groups is 1. The Hall–Kier alpha value is -1.57. The van der Waals surface area contributed by atoms with Crippen LogP contribution in [0, 0.1) is 0 Å². The van der Waals surface area contributed by atoms with Crippen molar-refractivity contribution in [2.45, 2.75) is 45.8 Å². The van der Waals surface area contributed by atoms with Crippen LogP contribution >= 0.6 is 11.6 Å². The lowest BCUT2D eigenvalue weighted by atomic mass is 9.77. The predicted octanol–water partition coefficient (Wildman–Crippen LogP) is 2.47. The highest BCUT2D eigenvalue weighted by Crippen LogP contribution is 2.39. The minimum Gasteiger partial charge on any atom is -0.400 e. The second-order valence-corrected chi connectivity index (χ2v) is 7.22. The van der Waals surface area contributed by atoms with Crippen molar-refractivity contribution in [3.8, 4) is 0 Å². The van der Waals surface area contributed by atoms with Crippen LogP contribution in [0.4, 0.5) is 5.69 Å². The number of hydrogen-bond acceptors (Lipinski definition) is 5. The molecule has 0 radical (unpaired) electrons. The van der Waals surface area contributed by atoms with E-state index in [-0.39, 0.29) is 12.5 Å². The molecule has 0 aliphatic carbocycles. The van der Waals surface area contributed by atoms with E-state index in [4.69, 9.17) is 26.6 Å². The second-order valence-electron chi connectivity index (χ2n) is 6.87. The third-order valence-electron chi connectivity index (χ3n) is 4.33. The predicted molar refractivity (Wildman–Crippen MR) is 96.4 cm³/mol. The fourth-order valence-electron chi connectivity index (χ4n) is 2.21. The molecule has 24 heavy (non-hydrogen) atoms. The van der Waals surface area contributed by atoms with Crippen LogP contribution in [0.2, 0.25) is 5.15 Å². The topological polar surface area (TPSA) is 86.5 Å². The van der Waals surface area contributed by atoms with E-state index < -0.39 is 18.3 Å². The Labute approximate surface area is 147 Å². The van der Waals surface area contributed by atoms with E-state index in [1.165, 1.54) is 13.1 Å². The summed E-state index contributed by atoms with van der Waals surface area (Å²) in [6.07, 6.45) is 3.28. The minimum absolute atomic E-state index is 0.144. The number of nitrogens with two attached hydrogens (primary N) is 1. The third-order valence-corrected chi connectivity index (χ3v) is 4.64. The van der Waals surface area contributed by atoms with Gasteiger partial charge < -0.3 is 20.4 Å². The van der Waals surface area contributed by atoms with E-state index in [1.807, 2.05) is 27.7 Å². The Morgan fingerprint density at radius 2 is 1.96 bits per heavy atom. The molecule has 1 fully saturated rings. The van der Waals surface area contributed by atoms with E-state index in [2.05, 4.69) is 10.3 Å². The first-order valence-corrected chi connectivity index (χ1v) is 8.11. The average molecular weight is 352 g/mol. The number of nitrogens with zero attached hydrogens (tertiary/aromatic N) is 1. The quantitative estimate of drug-likeness (QED) is 0.643. The van der Waals surface area contributed by atoms with Crippen LogP contribution in [0.3, 0.4) is 0 Å². The number of anilines is 1. The average Bonchev–Trinajstić information content (AvgIpc) is 2.66. The van der Waals surface area contributed by atoms with Crippen LogP contribution in [0.25, 0.3) is 6.08 Å². The van der Waals surface area contributed by atoms with Crippen molar-refractivity contribution < 1.29 is 14.1 Å². The number of pyridine rings is 1. The van der Waals surface area contributed by atoms with E-state index in [0.717, 1.165) is 5.47 Å². The SMILES string of the molecule is CC(=O)NCC(=Cc1cc(N)cnc1Cl)B1OC(C)(C)C(C)(C)O1. The molecule has 1 aromatic rings. The largest absolute Gasteiger partial charge is 0.492 e. The first kappa shape index (κ1) is 18.8. The van der Waals surface area contributed by atoms with Crippen LogP contribution in [0.1, 0.15) is 40.2 Å². The molecular formula is C16H23BClN3O3. The van der Waals surface area contributed by atoms with Gasteiger partial charge in [0.2, 0.25) is 5.91 Å². The lowest BCUT2D eigenvalue weighted by molar-refractivity contribution is -0.118. The van der Waals surface area contributed by atoms with Gasteiger partial charge in [-0.15, -0.1) is 0 Å². The number of hydrogen-bond donors (Lipinski definition) is 2. The molecule has 0 bridgehead atoms. The Bertz CT molecular complexity index is 661. The fourth-order valence-corrected chi connectivity index (χ4v) is 2.36. The van der Waals surface area contributed by atoms with Gasteiger partial charge >= 0.3 is 7.12 Å². The molecule has 2 rings (SSSR count). The Morgan fingerprint density at radius 3 is 2.50 bits per heavy atom. The molecule has 1 amide bonds. The molecule has 0 aromatic carbocycles. The van der Waals surface area contributed by atoms with Crippen LogP contribution in [-0.2, 0) is 14.1 Å². The van der Waals surface area contributed by atoms with Crippen LogP contribution < -0.4 is 11.1 Å². The van der Waals surface area contributed by atoms with Gasteiger partial charge in [-0.3, -0.25) is 4.79 Å². The summed E-state index contributed by atoms with van der Waals surface area (Å²) in [5, 5.41) is 3.09. The van der Waals surface area contributed by atoms with E-state index >= 15 is 0 Å². The Morgan fingerprint density at radius 1 is 1.38 bits per heavy atom. The van der Waals surface area contributed by atoms with Gasteiger partial charge in [0.1, 0.15) is 5.15 Å². The van der Waals surface area contributed by atoms with Gasteiger partial charge in [0.15, 0.2) is 0 Å². The zero-order chi connectivity index (χ0) is 18.1. The van der Waals surface area contributed by atoms with Gasteiger partial charge in [0, 0.05) is 19.0 Å². The zero-order valence-corrected chi connectivity index (χ0v) is 15.4. The number of rotatable bonds is 4. The summed E-state index contributed by atoms with van der Waals surface area (Å²) in [7, 11) is -0.598. The van der Waals surface area contributed by atoms with Gasteiger partial charge in [-0.25, -0.2) is 4.98 Å². The highest BCUT2D eigenvalue weighted by Gasteiger charge is 2.52. The van der Waals surface area contributed by atoms with E-state index in [1.54, 1.807) is 12.1 Å². The number of nitrogen functional groups attached to an aromatic ring is 1. The summed E-state index contributed by atoms with van der Waals surface area (Å²) in [5.74, 6) is -0.144. The van der Waals surface area contributed by atoms with E-state index in [9.17, 15) is 4.79 Å². The summed E-state index contributed by atoms with van der Waals surface area (Å²) in [5.41, 5.74) is 6.70. The minimum atomic E-state index is -0.598. The van der Waals surface area contributed by atoms with Crippen molar-refractivity contribution in [2.75, 3.05) is 12.3 Å². The van der Waals surface area contributed by atoms with Gasteiger partial charge in [-0.05, 0) is 39.2 Å². The molecule has 0 saturated carbocycles. The summed E-state index contributed by atoms with van der Waals surface area (Å²) in [4.78, 5) is 15.4. The Balaban J connectivity index is 2.37. The van der Waals surface area contributed by atoms with Crippen molar-refractivity contribution >= 4 is 36.4 Å². The molecule has 0 spiro atoms. The van der Waals surface area contributed by atoms with Crippen molar-refractivity contribution in [1.82, 2.24) is 10.3 Å². The van der Waals surface area contributed by atoms with Gasteiger partial charge in [-0.2, -0.15) is 0 Å². The van der Waals surface area contributed by atoms with Crippen molar-refractivity contribution in [3.63, 3.8) is 0 Å². The second kappa shape index (κ2) is 6.74. The first-order chi connectivity index (χ1) is 11.0. The molecule has 8 heteroatoms. The monoisotopic (exact) mass is 351 g/mol. The summed E-state index contributed by atoms with van der Waals surface area (Å²) < 4.78 is 12.1. The van der Waals surface area contributed by atoms with Crippen molar-refractivity contribution in [3.05, 3.63) is 28.5 Å². The van der Waals surface area contributed by atoms with Crippen molar-refractivity contribution in [2.24, 2.45) is 0 Å². The highest BCUT2D eigenvalue weighted by molar-refractivity contribution is 6.56. The smallest absolute Gasteiger partial charge is 0.400 e. The summed E-state index contributed by atoms with van der Waals surface area (Å²) in [6.45, 7) is 9.61. The molecule has 0 atom stereocenters. The normalized spacial score (nSPS) is 19.4. The maximum Gasteiger partial charge on any atom is 0.492 e. The highest BCUT2D eigenvalue weighted by atomic mass is 35.5. The molecule has 1 saturated heterocycles. The maximum absolute atomic E-state index is 11.3.